The van der Waals surface area contributed by atoms with Crippen LogP contribution in [0.2, 0.25) is 0 Å². The molecule has 4 nitrogen and oxygen atoms in total. The first-order valence-electron chi connectivity index (χ1n) is 4.70. The van der Waals surface area contributed by atoms with Crippen molar-refractivity contribution in [3.63, 3.8) is 0 Å². The summed E-state index contributed by atoms with van der Waals surface area (Å²) in [6.45, 7) is 0.298. The van der Waals surface area contributed by atoms with Gasteiger partial charge < -0.3 is 19.0 Å². The Balaban J connectivity index is 2.19. The minimum Gasteiger partial charge on any atom is -0.496 e. The molecule has 0 aromatic heterocycles. The van der Waals surface area contributed by atoms with Gasteiger partial charge in [0.25, 0.3) is 0 Å². The molecule has 0 bridgehead atoms. The molecule has 0 aliphatic carbocycles. The summed E-state index contributed by atoms with van der Waals surface area (Å²) in [6.07, 6.45) is -0.230. The molecule has 1 fully saturated rings. The monoisotopic (exact) mass is 208 g/mol. The van der Waals surface area contributed by atoms with Crippen LogP contribution in [0.5, 0.6) is 5.75 Å². The van der Waals surface area contributed by atoms with Gasteiger partial charge in [0, 0.05) is 5.56 Å². The fourth-order valence-corrected chi connectivity index (χ4v) is 1.52. The van der Waals surface area contributed by atoms with Crippen molar-refractivity contribution in [2.45, 2.75) is 12.4 Å². The Bertz CT molecular complexity index is 350. The van der Waals surface area contributed by atoms with Crippen LogP contribution in [0.3, 0.4) is 0 Å². The van der Waals surface area contributed by atoms with Gasteiger partial charge in [0.15, 0.2) is 12.6 Å². The van der Waals surface area contributed by atoms with E-state index in [1.165, 1.54) is 0 Å². The zero-order chi connectivity index (χ0) is 10.7. The van der Waals surface area contributed by atoms with Gasteiger partial charge in [-0.3, -0.25) is 0 Å². The molecule has 1 saturated heterocycles. The van der Waals surface area contributed by atoms with E-state index in [9.17, 15) is 4.79 Å². The fraction of sp³-hybridized carbons (Fsp3) is 0.364. The van der Waals surface area contributed by atoms with Gasteiger partial charge in [0.1, 0.15) is 11.9 Å². The van der Waals surface area contributed by atoms with E-state index in [1.54, 1.807) is 7.11 Å². The number of hydrogen-bond donors (Lipinski definition) is 0. The maximum atomic E-state index is 10.5. The normalized spacial score (nSPS) is 25.1. The standard InChI is InChI=1S/C11H12O4/c1-13-10-5-3-2-4-9(10)11-14-7-8(6-12)15-11/h2-6,8,11H,7H2,1H3. The largest absolute Gasteiger partial charge is 0.496 e. The Morgan fingerprint density at radius 3 is 2.93 bits per heavy atom. The topological polar surface area (TPSA) is 44.8 Å². The van der Waals surface area contributed by atoms with E-state index in [2.05, 4.69) is 0 Å². The van der Waals surface area contributed by atoms with Crippen LogP contribution in [0.1, 0.15) is 11.9 Å². The molecule has 0 saturated carbocycles. The summed E-state index contributed by atoms with van der Waals surface area (Å²) in [7, 11) is 1.59. The Morgan fingerprint density at radius 1 is 1.47 bits per heavy atom. The van der Waals surface area contributed by atoms with E-state index >= 15 is 0 Å². The highest BCUT2D eigenvalue weighted by molar-refractivity contribution is 5.56. The number of methoxy groups -OCH3 is 1. The third-order valence-corrected chi connectivity index (χ3v) is 2.25. The van der Waals surface area contributed by atoms with Crippen molar-refractivity contribution < 1.29 is 19.0 Å². The second-order valence-electron chi connectivity index (χ2n) is 3.22. The molecule has 0 spiro atoms. The summed E-state index contributed by atoms with van der Waals surface area (Å²) >= 11 is 0. The second-order valence-corrected chi connectivity index (χ2v) is 3.22. The molecular weight excluding hydrogens is 196 g/mol. The van der Waals surface area contributed by atoms with Crippen LogP contribution in [0.4, 0.5) is 0 Å². The van der Waals surface area contributed by atoms with Crippen molar-refractivity contribution in [1.29, 1.82) is 0 Å². The molecule has 1 aliphatic rings. The average Bonchev–Trinajstić information content (AvgIpc) is 2.77. The first-order chi connectivity index (χ1) is 7.35. The van der Waals surface area contributed by atoms with Crippen molar-refractivity contribution in [3.8, 4) is 5.75 Å². The zero-order valence-corrected chi connectivity index (χ0v) is 8.38. The summed E-state index contributed by atoms with van der Waals surface area (Å²) in [4.78, 5) is 10.5. The molecule has 80 valence electrons. The predicted molar refractivity (Wildman–Crippen MR) is 52.6 cm³/mol. The van der Waals surface area contributed by atoms with E-state index < -0.39 is 12.4 Å². The van der Waals surface area contributed by atoms with Crippen molar-refractivity contribution in [1.82, 2.24) is 0 Å². The first-order valence-corrected chi connectivity index (χ1v) is 4.70. The molecule has 2 rings (SSSR count). The molecule has 4 heteroatoms. The number of hydrogen-bond acceptors (Lipinski definition) is 4. The van der Waals surface area contributed by atoms with Crippen LogP contribution in [0.25, 0.3) is 0 Å². The fourth-order valence-electron chi connectivity index (χ4n) is 1.52. The summed E-state index contributed by atoms with van der Waals surface area (Å²) in [5, 5.41) is 0. The molecule has 0 N–H and O–H groups in total. The first kappa shape index (κ1) is 10.1. The van der Waals surface area contributed by atoms with Crippen molar-refractivity contribution in [3.05, 3.63) is 29.8 Å². The van der Waals surface area contributed by atoms with Crippen molar-refractivity contribution in [2.75, 3.05) is 13.7 Å². The predicted octanol–water partition coefficient (Wildman–Crippen LogP) is 1.31. The lowest BCUT2D eigenvalue weighted by atomic mass is 10.2. The molecule has 15 heavy (non-hydrogen) atoms. The number of aldehydes is 1. The highest BCUT2D eigenvalue weighted by Crippen LogP contribution is 2.32. The van der Waals surface area contributed by atoms with Gasteiger partial charge in [0.05, 0.1) is 13.7 Å². The highest BCUT2D eigenvalue weighted by Gasteiger charge is 2.28. The lowest BCUT2D eigenvalue weighted by Crippen LogP contribution is -2.10. The minimum absolute atomic E-state index is 0.298. The second kappa shape index (κ2) is 4.42. The van der Waals surface area contributed by atoms with Gasteiger partial charge >= 0.3 is 0 Å². The summed E-state index contributed by atoms with van der Waals surface area (Å²) in [5.41, 5.74) is 0.810. The molecule has 1 aromatic rings. The van der Waals surface area contributed by atoms with Gasteiger partial charge in [-0.2, -0.15) is 0 Å². The van der Waals surface area contributed by atoms with Gasteiger partial charge in [-0.25, -0.2) is 0 Å². The van der Waals surface area contributed by atoms with Crippen LogP contribution < -0.4 is 4.74 Å². The van der Waals surface area contributed by atoms with Crippen LogP contribution >= 0.6 is 0 Å². The minimum atomic E-state index is -0.503. The number of para-hydroxylation sites is 1. The van der Waals surface area contributed by atoms with Crippen molar-refractivity contribution >= 4 is 6.29 Å². The number of carbonyl (C=O) groups is 1. The number of benzene rings is 1. The van der Waals surface area contributed by atoms with E-state index in [1.807, 2.05) is 24.3 Å². The van der Waals surface area contributed by atoms with E-state index in [4.69, 9.17) is 14.2 Å². The molecule has 1 aliphatic heterocycles. The summed E-state index contributed by atoms with van der Waals surface area (Å²) < 4.78 is 15.9. The van der Waals surface area contributed by atoms with Gasteiger partial charge in [-0.15, -0.1) is 0 Å². The smallest absolute Gasteiger partial charge is 0.188 e. The summed E-state index contributed by atoms with van der Waals surface area (Å²) in [5.74, 6) is 0.703. The third kappa shape index (κ3) is 2.00. The van der Waals surface area contributed by atoms with Crippen LogP contribution in [-0.4, -0.2) is 26.1 Å². The van der Waals surface area contributed by atoms with Crippen LogP contribution in [0, 0.1) is 0 Å². The average molecular weight is 208 g/mol. The van der Waals surface area contributed by atoms with Crippen LogP contribution in [0.15, 0.2) is 24.3 Å². The number of carbonyl (C=O) groups excluding carboxylic acids is 1. The Kier molecular flexibility index (Phi) is 2.99. The lowest BCUT2D eigenvalue weighted by molar-refractivity contribution is -0.119. The Labute approximate surface area is 87.8 Å². The van der Waals surface area contributed by atoms with Crippen LogP contribution in [-0.2, 0) is 14.3 Å². The maximum Gasteiger partial charge on any atom is 0.188 e. The van der Waals surface area contributed by atoms with Gasteiger partial charge in [-0.1, -0.05) is 18.2 Å². The lowest BCUT2D eigenvalue weighted by Gasteiger charge is -2.13. The Morgan fingerprint density at radius 2 is 2.27 bits per heavy atom. The van der Waals surface area contributed by atoms with Crippen molar-refractivity contribution in [2.24, 2.45) is 0 Å². The molecule has 0 radical (unpaired) electrons. The number of rotatable bonds is 3. The van der Waals surface area contributed by atoms with Gasteiger partial charge in [-0.05, 0) is 6.07 Å². The SMILES string of the molecule is COc1ccccc1C1OCC(C=O)O1. The number of ether oxygens (including phenoxy) is 3. The van der Waals surface area contributed by atoms with E-state index in [0.717, 1.165) is 11.8 Å². The highest BCUT2D eigenvalue weighted by atomic mass is 16.7. The van der Waals surface area contributed by atoms with Gasteiger partial charge in [0.2, 0.25) is 0 Å². The van der Waals surface area contributed by atoms with E-state index in [0.29, 0.717) is 12.4 Å². The molecule has 0 amide bonds. The summed E-state index contributed by atoms with van der Waals surface area (Å²) in [6, 6.07) is 7.43. The molecular formula is C11H12O4. The quantitative estimate of drug-likeness (QED) is 0.702. The molecule has 2 atom stereocenters. The molecule has 2 unspecified atom stereocenters. The third-order valence-electron chi connectivity index (χ3n) is 2.25. The molecule has 1 aromatic carbocycles. The molecule has 1 heterocycles. The zero-order valence-electron chi connectivity index (χ0n) is 8.38. The Hall–Kier alpha value is -1.39. The maximum absolute atomic E-state index is 10.5. The van der Waals surface area contributed by atoms with E-state index in [-0.39, 0.29) is 0 Å².